The van der Waals surface area contributed by atoms with Crippen LogP contribution in [0.25, 0.3) is 0 Å². The summed E-state index contributed by atoms with van der Waals surface area (Å²) >= 11 is 0. The van der Waals surface area contributed by atoms with Gasteiger partial charge in [-0.2, -0.15) is 0 Å². The lowest BCUT2D eigenvalue weighted by molar-refractivity contribution is -0.290. The number of aliphatic carboxylic acids is 1. The molecule has 0 saturated heterocycles. The zero-order chi connectivity index (χ0) is 53.8. The van der Waals surface area contributed by atoms with Gasteiger partial charge < -0.3 is 107 Å². The molecule has 0 bridgehead atoms. The minimum absolute atomic E-state index is 0.0988. The molecule has 10 atom stereocenters. The Morgan fingerprint density at radius 1 is 0.314 bits per heavy atom. The molecule has 0 fully saturated rings. The standard InChI is InChI=1S/C48H96O22/c1-2-3-4-5-6-7-8-9-10-11-12-44(13-33(59)23-49,14-34(60)24-50)46(17-37(63)27-53,18-38(64)28-54)48(21-41(67)31-57,22-42(68)32-58)47(19-39(65)29-55,20-40(66)30-56)45(43(69)70,15-35(61)25-51)16-36(62)26-52/h33-42,49-68H,2-32H2,1H3,(H,69,70). The van der Waals surface area contributed by atoms with Crippen LogP contribution in [-0.2, 0) is 4.79 Å². The van der Waals surface area contributed by atoms with Crippen LogP contribution in [-0.4, -0.2) is 240 Å². The number of aliphatic hydroxyl groups is 20. The highest BCUT2D eigenvalue weighted by Gasteiger charge is 2.76. The summed E-state index contributed by atoms with van der Waals surface area (Å²) in [7, 11) is 0. The number of unbranched alkanes of at least 4 members (excludes halogenated alkanes) is 9. The summed E-state index contributed by atoms with van der Waals surface area (Å²) < 4.78 is 0. The van der Waals surface area contributed by atoms with Crippen LogP contribution < -0.4 is 0 Å². The molecule has 0 rings (SSSR count). The fourth-order valence-electron chi connectivity index (χ4n) is 12.5. The maximum atomic E-state index is 14.8. The predicted molar refractivity (Wildman–Crippen MR) is 253 cm³/mol. The van der Waals surface area contributed by atoms with Gasteiger partial charge in [-0.15, -0.1) is 0 Å². The van der Waals surface area contributed by atoms with E-state index in [4.69, 9.17) is 0 Å². The average Bonchev–Trinajstić information content (AvgIpc) is 3.34. The van der Waals surface area contributed by atoms with Gasteiger partial charge in [0.1, 0.15) is 0 Å². The van der Waals surface area contributed by atoms with Crippen molar-refractivity contribution in [1.82, 2.24) is 0 Å². The molecule has 22 nitrogen and oxygen atoms in total. The largest absolute Gasteiger partial charge is 0.481 e. The van der Waals surface area contributed by atoms with Crippen LogP contribution >= 0.6 is 0 Å². The van der Waals surface area contributed by atoms with Crippen molar-refractivity contribution in [3.05, 3.63) is 0 Å². The van der Waals surface area contributed by atoms with Crippen molar-refractivity contribution in [1.29, 1.82) is 0 Å². The molecule has 0 spiro atoms. The van der Waals surface area contributed by atoms with Gasteiger partial charge in [-0.05, 0) is 92.3 Å². The third kappa shape index (κ3) is 18.8. The Balaban J connectivity index is 10.4. The van der Waals surface area contributed by atoms with Crippen molar-refractivity contribution in [3.63, 3.8) is 0 Å². The second-order valence-corrected chi connectivity index (χ2v) is 20.3. The molecule has 70 heavy (non-hydrogen) atoms. The lowest BCUT2D eigenvalue weighted by Gasteiger charge is -2.73. The molecule has 0 aromatic carbocycles. The molecule has 0 aromatic heterocycles. The molecular weight excluding hydrogens is 929 g/mol. The lowest BCUT2D eigenvalue weighted by atomic mass is 9.31. The van der Waals surface area contributed by atoms with Gasteiger partial charge in [0.15, 0.2) is 0 Å². The normalized spacial score (nSPS) is 21.1. The summed E-state index contributed by atoms with van der Waals surface area (Å²) in [6, 6.07) is 0. The van der Waals surface area contributed by atoms with E-state index in [9.17, 15) is 112 Å². The van der Waals surface area contributed by atoms with Crippen molar-refractivity contribution in [3.8, 4) is 0 Å². The van der Waals surface area contributed by atoms with E-state index in [1.165, 1.54) is 0 Å². The SMILES string of the molecule is CCCCCCCCCCCCC(CC(O)CO)(CC(O)CO)C(CC(O)CO)(CC(O)CO)C(CC(O)CO)(CC(O)CO)C(CC(O)CO)(CC(O)CO)C(CC(O)CO)(CC(O)CO)C(=O)O. The molecule has 21 N–H and O–H groups in total. The smallest absolute Gasteiger partial charge is 0.310 e. The van der Waals surface area contributed by atoms with Gasteiger partial charge in [0.05, 0.1) is 133 Å². The Morgan fingerprint density at radius 2 is 0.543 bits per heavy atom. The van der Waals surface area contributed by atoms with Crippen LogP contribution in [0, 0.1) is 27.1 Å². The molecule has 10 unspecified atom stereocenters. The second-order valence-electron chi connectivity index (χ2n) is 20.3. The Kier molecular flexibility index (Phi) is 34.4. The third-order valence-corrected chi connectivity index (χ3v) is 15.2. The number of carboxylic acid groups (broad SMARTS) is 1. The third-order valence-electron chi connectivity index (χ3n) is 15.2. The summed E-state index contributed by atoms with van der Waals surface area (Å²) in [6.45, 7) is -9.72. The molecule has 0 heterocycles. The Labute approximate surface area is 413 Å². The second kappa shape index (κ2) is 35.0. The molecule has 0 saturated carbocycles. The van der Waals surface area contributed by atoms with E-state index in [1.54, 1.807) is 0 Å². The molecule has 0 radical (unpaired) electrons. The van der Waals surface area contributed by atoms with Crippen molar-refractivity contribution < 1.29 is 112 Å². The first-order valence-corrected chi connectivity index (χ1v) is 25.2. The van der Waals surface area contributed by atoms with Gasteiger partial charge in [-0.3, -0.25) is 4.79 Å². The first kappa shape index (κ1) is 68.7. The minimum atomic E-state index is -3.11. The highest BCUT2D eigenvalue weighted by molar-refractivity contribution is 5.76. The predicted octanol–water partition coefficient (Wildman–Crippen LogP) is -3.25. The highest BCUT2D eigenvalue weighted by atomic mass is 16.4. The number of carboxylic acids is 1. The summed E-state index contributed by atoms with van der Waals surface area (Å²) in [5.74, 6) is -2.05. The first-order valence-electron chi connectivity index (χ1n) is 25.2. The van der Waals surface area contributed by atoms with Gasteiger partial charge in [0, 0.05) is 0 Å². The maximum absolute atomic E-state index is 14.8. The van der Waals surface area contributed by atoms with Gasteiger partial charge in [-0.25, -0.2) is 0 Å². The zero-order valence-electron chi connectivity index (χ0n) is 41.5. The summed E-state index contributed by atoms with van der Waals surface area (Å²) in [5.41, 5.74) is -13.8. The number of rotatable bonds is 46. The number of carbonyl (C=O) groups is 1. The van der Waals surface area contributed by atoms with E-state index in [0.717, 1.165) is 44.9 Å². The molecule has 22 heteroatoms. The zero-order valence-corrected chi connectivity index (χ0v) is 41.5. The highest BCUT2D eigenvalue weighted by Crippen LogP contribution is 2.77. The minimum Gasteiger partial charge on any atom is -0.481 e. The summed E-state index contributed by atoms with van der Waals surface area (Å²) in [6.07, 6.45) is -23.9. The fourth-order valence-corrected chi connectivity index (χ4v) is 12.5. The molecular formula is C48H96O22. The number of aliphatic hydroxyl groups excluding tert-OH is 20. The molecule has 0 aromatic rings. The molecule has 0 aliphatic carbocycles. The van der Waals surface area contributed by atoms with Gasteiger partial charge in [-0.1, -0.05) is 71.1 Å². The molecule has 420 valence electrons. The molecule has 0 aliphatic rings. The lowest BCUT2D eigenvalue weighted by Crippen LogP contribution is -2.72. The van der Waals surface area contributed by atoms with E-state index in [0.29, 0.717) is 12.8 Å². The molecule has 0 amide bonds. The van der Waals surface area contributed by atoms with E-state index in [1.807, 2.05) is 0 Å². The van der Waals surface area contributed by atoms with Crippen LogP contribution in [0.2, 0.25) is 0 Å². The Bertz CT molecular complexity index is 1270. The molecule has 0 aliphatic heterocycles. The summed E-state index contributed by atoms with van der Waals surface area (Å²) in [5, 5.41) is 237. The van der Waals surface area contributed by atoms with Crippen LogP contribution in [0.1, 0.15) is 142 Å². The fraction of sp³-hybridized carbons (Fsp3) is 0.979. The van der Waals surface area contributed by atoms with Crippen LogP contribution in [0.15, 0.2) is 0 Å². The Morgan fingerprint density at radius 3 is 0.814 bits per heavy atom. The topological polar surface area (TPSA) is 442 Å². The van der Waals surface area contributed by atoms with E-state index in [2.05, 4.69) is 6.92 Å². The van der Waals surface area contributed by atoms with Crippen molar-refractivity contribution >= 4 is 5.97 Å². The van der Waals surface area contributed by atoms with Gasteiger partial charge in [0.25, 0.3) is 0 Å². The maximum Gasteiger partial charge on any atom is 0.310 e. The van der Waals surface area contributed by atoms with Crippen LogP contribution in [0.4, 0.5) is 0 Å². The van der Waals surface area contributed by atoms with E-state index < -0.39 is 224 Å². The quantitative estimate of drug-likeness (QED) is 0.0266. The monoisotopic (exact) mass is 1020 g/mol. The van der Waals surface area contributed by atoms with E-state index >= 15 is 0 Å². The van der Waals surface area contributed by atoms with Crippen LogP contribution in [0.3, 0.4) is 0 Å². The van der Waals surface area contributed by atoms with Crippen molar-refractivity contribution in [2.45, 2.75) is 203 Å². The van der Waals surface area contributed by atoms with Crippen molar-refractivity contribution in [2.24, 2.45) is 27.1 Å². The van der Waals surface area contributed by atoms with Crippen molar-refractivity contribution in [2.75, 3.05) is 66.1 Å². The first-order chi connectivity index (χ1) is 33.0. The van der Waals surface area contributed by atoms with Gasteiger partial charge >= 0.3 is 5.97 Å². The van der Waals surface area contributed by atoms with E-state index in [-0.39, 0.29) is 12.8 Å². The Hall–Kier alpha value is -1.33. The summed E-state index contributed by atoms with van der Waals surface area (Å²) in [4.78, 5) is 14.8. The number of hydrogen-bond acceptors (Lipinski definition) is 21. The van der Waals surface area contributed by atoms with Crippen LogP contribution in [0.5, 0.6) is 0 Å². The number of hydrogen-bond donors (Lipinski definition) is 21. The van der Waals surface area contributed by atoms with Gasteiger partial charge in [0.2, 0.25) is 0 Å². The average molecular weight is 1030 g/mol.